The molecule has 0 aromatic heterocycles. The van der Waals surface area contributed by atoms with Crippen LogP contribution in [0.4, 0.5) is 8.78 Å². The topological polar surface area (TPSA) is 50.1 Å². The van der Waals surface area contributed by atoms with Gasteiger partial charge in [0.05, 0.1) is 17.2 Å². The molecule has 0 aliphatic heterocycles. The van der Waals surface area contributed by atoms with Crippen LogP contribution in [0.1, 0.15) is 15.9 Å². The molecule has 0 spiro atoms. The van der Waals surface area contributed by atoms with Gasteiger partial charge in [-0.15, -0.1) is 0 Å². The molecule has 0 saturated heterocycles. The fourth-order valence-corrected chi connectivity index (χ4v) is 2.28. The maximum absolute atomic E-state index is 13.6. The molecule has 0 atom stereocenters. The van der Waals surface area contributed by atoms with Crippen molar-refractivity contribution < 1.29 is 18.3 Å². The van der Waals surface area contributed by atoms with E-state index in [0.717, 1.165) is 23.3 Å². The van der Waals surface area contributed by atoms with Gasteiger partial charge in [0, 0.05) is 0 Å². The summed E-state index contributed by atoms with van der Waals surface area (Å²) in [7, 11) is 0. The molecule has 0 N–H and O–H groups in total. The Morgan fingerprint density at radius 3 is 2.08 bits per heavy atom. The van der Waals surface area contributed by atoms with Crippen molar-refractivity contribution in [3.8, 4) is 22.9 Å². The lowest BCUT2D eigenvalue weighted by molar-refractivity contribution is 0.0728. The molecule has 3 nitrogen and oxygen atoms in total. The standard InChI is InChI=1S/C20H11F2NO2/c21-18-3-1-2-17(19(18)22)20(24)25-16-10-8-15(9-11-16)14-6-4-13(12-23)5-7-14/h1-11H. The van der Waals surface area contributed by atoms with Crippen molar-refractivity contribution in [2.45, 2.75) is 0 Å². The molecular weight excluding hydrogens is 324 g/mol. The summed E-state index contributed by atoms with van der Waals surface area (Å²) in [6.45, 7) is 0. The molecule has 0 bridgehead atoms. The van der Waals surface area contributed by atoms with Crippen molar-refractivity contribution >= 4 is 5.97 Å². The molecule has 3 rings (SSSR count). The maximum atomic E-state index is 13.6. The predicted octanol–water partition coefficient (Wildman–Crippen LogP) is 4.72. The zero-order valence-corrected chi connectivity index (χ0v) is 12.9. The van der Waals surface area contributed by atoms with Crippen LogP contribution < -0.4 is 4.74 Å². The normalized spacial score (nSPS) is 10.1. The van der Waals surface area contributed by atoms with Gasteiger partial charge in [-0.1, -0.05) is 30.3 Å². The van der Waals surface area contributed by atoms with Gasteiger partial charge in [0.1, 0.15) is 5.75 Å². The Kier molecular flexibility index (Phi) is 4.53. The summed E-state index contributed by atoms with van der Waals surface area (Å²) >= 11 is 0. The highest BCUT2D eigenvalue weighted by atomic mass is 19.2. The average molecular weight is 335 g/mol. The van der Waals surface area contributed by atoms with Crippen molar-refractivity contribution in [1.29, 1.82) is 5.26 Å². The second kappa shape index (κ2) is 6.93. The number of hydrogen-bond acceptors (Lipinski definition) is 3. The number of esters is 1. The van der Waals surface area contributed by atoms with Crippen molar-refractivity contribution in [1.82, 2.24) is 0 Å². The molecule has 3 aromatic rings. The van der Waals surface area contributed by atoms with Crippen LogP contribution in [0.2, 0.25) is 0 Å². The molecule has 0 fully saturated rings. The number of nitrogens with zero attached hydrogens (tertiary/aromatic N) is 1. The van der Waals surface area contributed by atoms with Crippen LogP contribution in [-0.4, -0.2) is 5.97 Å². The number of benzene rings is 3. The van der Waals surface area contributed by atoms with Crippen LogP contribution >= 0.6 is 0 Å². The molecule has 3 aromatic carbocycles. The number of hydrogen-bond donors (Lipinski definition) is 0. The Morgan fingerprint density at radius 2 is 1.48 bits per heavy atom. The molecular formula is C20H11F2NO2. The summed E-state index contributed by atoms with van der Waals surface area (Å²) < 4.78 is 31.8. The third kappa shape index (κ3) is 3.54. The number of carbonyl (C=O) groups excluding carboxylic acids is 1. The first-order valence-corrected chi connectivity index (χ1v) is 7.35. The Balaban J connectivity index is 1.77. The molecule has 0 unspecified atom stereocenters. The van der Waals surface area contributed by atoms with Crippen LogP contribution in [-0.2, 0) is 0 Å². The van der Waals surface area contributed by atoms with Gasteiger partial charge >= 0.3 is 5.97 Å². The molecule has 5 heteroatoms. The minimum Gasteiger partial charge on any atom is -0.423 e. The van der Waals surface area contributed by atoms with Gasteiger partial charge < -0.3 is 4.74 Å². The predicted molar refractivity (Wildman–Crippen MR) is 87.9 cm³/mol. The van der Waals surface area contributed by atoms with Crippen molar-refractivity contribution in [2.24, 2.45) is 0 Å². The molecule has 0 heterocycles. The highest BCUT2D eigenvalue weighted by molar-refractivity contribution is 5.91. The molecule has 122 valence electrons. The highest BCUT2D eigenvalue weighted by Gasteiger charge is 2.17. The lowest BCUT2D eigenvalue weighted by Crippen LogP contribution is -2.11. The number of halogens is 2. The largest absolute Gasteiger partial charge is 0.423 e. The first kappa shape index (κ1) is 16.3. The molecule has 0 aliphatic carbocycles. The number of rotatable bonds is 3. The summed E-state index contributed by atoms with van der Waals surface area (Å²) in [6.07, 6.45) is 0. The lowest BCUT2D eigenvalue weighted by Gasteiger charge is -2.07. The Hall–Kier alpha value is -3.52. The summed E-state index contributed by atoms with van der Waals surface area (Å²) in [5.41, 5.74) is 1.86. The minimum absolute atomic E-state index is 0.214. The van der Waals surface area contributed by atoms with Gasteiger partial charge in [0.15, 0.2) is 11.6 Å². The van der Waals surface area contributed by atoms with E-state index in [1.165, 1.54) is 6.07 Å². The summed E-state index contributed by atoms with van der Waals surface area (Å²) in [4.78, 5) is 12.0. The smallest absolute Gasteiger partial charge is 0.346 e. The first-order chi connectivity index (χ1) is 12.1. The minimum atomic E-state index is -1.23. The van der Waals surface area contributed by atoms with Crippen LogP contribution in [0.5, 0.6) is 5.75 Å². The molecule has 0 radical (unpaired) electrons. The third-order valence-corrected chi connectivity index (χ3v) is 3.58. The third-order valence-electron chi connectivity index (χ3n) is 3.58. The molecule has 0 aliphatic rings. The monoisotopic (exact) mass is 335 g/mol. The average Bonchev–Trinajstić information content (AvgIpc) is 2.64. The summed E-state index contributed by atoms with van der Waals surface area (Å²) in [5, 5.41) is 8.80. The van der Waals surface area contributed by atoms with E-state index in [4.69, 9.17) is 10.00 Å². The Bertz CT molecular complexity index is 958. The molecule has 0 amide bonds. The van der Waals surface area contributed by atoms with Gasteiger partial charge in [-0.25, -0.2) is 13.6 Å². The number of nitriles is 1. The lowest BCUT2D eigenvalue weighted by atomic mass is 10.0. The van der Waals surface area contributed by atoms with Crippen LogP contribution in [0.25, 0.3) is 11.1 Å². The second-order valence-electron chi connectivity index (χ2n) is 5.20. The fraction of sp³-hybridized carbons (Fsp3) is 0. The second-order valence-corrected chi connectivity index (χ2v) is 5.20. The van der Waals surface area contributed by atoms with Gasteiger partial charge in [-0.05, 0) is 47.5 Å². The van der Waals surface area contributed by atoms with Crippen LogP contribution in [0.3, 0.4) is 0 Å². The number of ether oxygens (including phenoxy) is 1. The van der Waals surface area contributed by atoms with E-state index < -0.39 is 23.2 Å². The first-order valence-electron chi connectivity index (χ1n) is 7.35. The fourth-order valence-electron chi connectivity index (χ4n) is 2.28. The van der Waals surface area contributed by atoms with Crippen molar-refractivity contribution in [3.05, 3.63) is 89.5 Å². The van der Waals surface area contributed by atoms with E-state index >= 15 is 0 Å². The van der Waals surface area contributed by atoms with E-state index in [1.54, 1.807) is 36.4 Å². The van der Waals surface area contributed by atoms with Crippen LogP contribution in [0.15, 0.2) is 66.7 Å². The highest BCUT2D eigenvalue weighted by Crippen LogP contribution is 2.23. The van der Waals surface area contributed by atoms with E-state index in [-0.39, 0.29) is 5.75 Å². The summed E-state index contributed by atoms with van der Waals surface area (Å²) in [5.74, 6) is -3.10. The van der Waals surface area contributed by atoms with E-state index in [2.05, 4.69) is 0 Å². The van der Waals surface area contributed by atoms with Gasteiger partial charge in [0.25, 0.3) is 0 Å². The van der Waals surface area contributed by atoms with E-state index in [1.807, 2.05) is 18.2 Å². The SMILES string of the molecule is N#Cc1ccc(-c2ccc(OC(=O)c3cccc(F)c3F)cc2)cc1. The van der Waals surface area contributed by atoms with E-state index in [0.29, 0.717) is 5.56 Å². The number of carbonyl (C=O) groups is 1. The van der Waals surface area contributed by atoms with Gasteiger partial charge in [-0.2, -0.15) is 5.26 Å². The summed E-state index contributed by atoms with van der Waals surface area (Å²) in [6, 6.07) is 19.0. The van der Waals surface area contributed by atoms with Gasteiger partial charge in [0.2, 0.25) is 0 Å². The zero-order chi connectivity index (χ0) is 17.8. The maximum Gasteiger partial charge on any atom is 0.346 e. The Labute approximate surface area is 142 Å². The molecule has 0 saturated carbocycles. The van der Waals surface area contributed by atoms with Gasteiger partial charge in [-0.3, -0.25) is 0 Å². The molecule has 25 heavy (non-hydrogen) atoms. The Morgan fingerprint density at radius 1 is 0.880 bits per heavy atom. The van der Waals surface area contributed by atoms with Crippen molar-refractivity contribution in [3.63, 3.8) is 0 Å². The van der Waals surface area contributed by atoms with E-state index in [9.17, 15) is 13.6 Å². The zero-order valence-electron chi connectivity index (χ0n) is 12.9. The van der Waals surface area contributed by atoms with Crippen LogP contribution in [0, 0.1) is 23.0 Å². The quantitative estimate of drug-likeness (QED) is 0.514. The van der Waals surface area contributed by atoms with Crippen molar-refractivity contribution in [2.75, 3.05) is 0 Å².